The van der Waals surface area contributed by atoms with Crippen molar-refractivity contribution in [1.82, 2.24) is 9.47 Å². The van der Waals surface area contributed by atoms with Crippen LogP contribution in [0.4, 0.5) is 5.82 Å². The number of nitrogens with zero attached hydrogens (tertiary/aromatic N) is 4. The molecule has 9 heteroatoms. The molecule has 0 aliphatic carbocycles. The number of ether oxygens (including phenoxy) is 1. The molecule has 0 radical (unpaired) electrons. The van der Waals surface area contributed by atoms with Gasteiger partial charge in [0.1, 0.15) is 21.8 Å². The number of unbranched alkanes of at least 4 members (excludes halogenated alkanes) is 1. The van der Waals surface area contributed by atoms with Crippen LogP contribution < -0.4 is 10.5 Å². The minimum absolute atomic E-state index is 0.0232. The van der Waals surface area contributed by atoms with Crippen LogP contribution in [0.15, 0.2) is 34.0 Å². The molecular formula is C29H34N4O3S2. The number of carbonyl (C=O) groups is 1. The van der Waals surface area contributed by atoms with Crippen molar-refractivity contribution in [3.63, 3.8) is 0 Å². The maximum atomic E-state index is 13.6. The monoisotopic (exact) mass is 550 g/mol. The number of thiocarbonyl (C=S) groups is 1. The molecular weight excluding hydrogens is 516 g/mol. The summed E-state index contributed by atoms with van der Waals surface area (Å²) in [7, 11) is 0. The number of aromatic nitrogens is 1. The zero-order chi connectivity index (χ0) is 27.6. The highest BCUT2D eigenvalue weighted by Crippen LogP contribution is 2.37. The van der Waals surface area contributed by atoms with Gasteiger partial charge in [-0.25, -0.2) is 0 Å². The Kier molecular flexibility index (Phi) is 8.76. The number of hydrogen-bond donors (Lipinski definition) is 0. The lowest BCUT2D eigenvalue weighted by Gasteiger charge is -2.39. The number of hydrogen-bond acceptors (Lipinski definition) is 7. The Morgan fingerprint density at radius 1 is 1.16 bits per heavy atom. The lowest BCUT2D eigenvalue weighted by Crippen LogP contribution is -2.48. The van der Waals surface area contributed by atoms with Gasteiger partial charge < -0.3 is 9.64 Å². The normalized spacial score (nSPS) is 20.9. The summed E-state index contributed by atoms with van der Waals surface area (Å²) in [4.78, 5) is 31.3. The van der Waals surface area contributed by atoms with Crippen LogP contribution in [-0.4, -0.2) is 45.0 Å². The number of anilines is 1. The van der Waals surface area contributed by atoms with Crippen molar-refractivity contribution >= 4 is 46.1 Å². The molecule has 38 heavy (non-hydrogen) atoms. The van der Waals surface area contributed by atoms with E-state index in [0.717, 1.165) is 35.3 Å². The molecule has 1 aromatic carbocycles. The first-order chi connectivity index (χ1) is 18.1. The number of morpholine rings is 1. The van der Waals surface area contributed by atoms with Gasteiger partial charge in [0.05, 0.1) is 23.7 Å². The fourth-order valence-corrected chi connectivity index (χ4v) is 6.24. The van der Waals surface area contributed by atoms with E-state index in [1.807, 2.05) is 51.1 Å². The number of pyridine rings is 1. The van der Waals surface area contributed by atoms with Gasteiger partial charge in [0.15, 0.2) is 0 Å². The minimum atomic E-state index is -0.288. The fourth-order valence-electron chi connectivity index (χ4n) is 5.00. The van der Waals surface area contributed by atoms with Gasteiger partial charge in [-0.1, -0.05) is 67.2 Å². The minimum Gasteiger partial charge on any atom is -0.372 e. The molecule has 2 aliphatic rings. The van der Waals surface area contributed by atoms with Gasteiger partial charge >= 0.3 is 0 Å². The predicted octanol–water partition coefficient (Wildman–Crippen LogP) is 5.15. The number of nitriles is 1. The average Bonchev–Trinajstić information content (AvgIpc) is 3.13. The van der Waals surface area contributed by atoms with E-state index >= 15 is 0 Å². The summed E-state index contributed by atoms with van der Waals surface area (Å²) in [6.45, 7) is 12.0. The highest BCUT2D eigenvalue weighted by atomic mass is 32.2. The molecule has 2 atom stereocenters. The number of benzene rings is 1. The third-order valence-corrected chi connectivity index (χ3v) is 8.29. The Balaban J connectivity index is 1.83. The molecule has 3 heterocycles. The maximum absolute atomic E-state index is 13.6. The smallest absolute Gasteiger partial charge is 0.270 e. The molecule has 1 amide bonds. The summed E-state index contributed by atoms with van der Waals surface area (Å²) < 4.78 is 8.18. The van der Waals surface area contributed by atoms with E-state index in [9.17, 15) is 14.9 Å². The van der Waals surface area contributed by atoms with E-state index in [-0.39, 0.29) is 29.2 Å². The Morgan fingerprint density at radius 2 is 1.82 bits per heavy atom. The number of thioether (sulfide) groups is 1. The molecule has 0 N–H and O–H groups in total. The van der Waals surface area contributed by atoms with E-state index in [4.69, 9.17) is 17.0 Å². The molecule has 2 aliphatic heterocycles. The van der Waals surface area contributed by atoms with Gasteiger partial charge in [0.2, 0.25) is 0 Å². The lowest BCUT2D eigenvalue weighted by molar-refractivity contribution is -0.122. The zero-order valence-corrected chi connectivity index (χ0v) is 24.2. The largest absolute Gasteiger partial charge is 0.372 e. The Bertz CT molecular complexity index is 1360. The van der Waals surface area contributed by atoms with E-state index in [2.05, 4.69) is 17.9 Å². The molecule has 0 saturated carbocycles. The molecule has 0 spiro atoms. The average molecular weight is 551 g/mol. The van der Waals surface area contributed by atoms with Crippen LogP contribution >= 0.6 is 24.0 Å². The Morgan fingerprint density at radius 3 is 2.42 bits per heavy atom. The maximum Gasteiger partial charge on any atom is 0.270 e. The second kappa shape index (κ2) is 11.9. The zero-order valence-electron chi connectivity index (χ0n) is 22.6. The van der Waals surface area contributed by atoms with Crippen molar-refractivity contribution in [2.45, 2.75) is 72.8 Å². The number of aryl methyl sites for hydroxylation is 1. The highest BCUT2D eigenvalue weighted by molar-refractivity contribution is 8.26. The third-order valence-electron chi connectivity index (χ3n) is 6.91. The number of carbonyl (C=O) groups excluding carboxylic acids is 1. The van der Waals surface area contributed by atoms with E-state index in [1.165, 1.54) is 11.8 Å². The SMILES string of the molecule is CCCCn1c(N2CC(C)OC(C)C2)c(/C=C2/SC(=S)N(Cc3ccc(C)cc3)C2=O)c(C)c(C#N)c1=O. The Hall–Kier alpha value is -2.93. The van der Waals surface area contributed by atoms with Crippen molar-refractivity contribution in [1.29, 1.82) is 5.26 Å². The molecule has 2 fully saturated rings. The van der Waals surface area contributed by atoms with Gasteiger partial charge in [-0.15, -0.1) is 0 Å². The second-order valence-electron chi connectivity index (χ2n) is 10.1. The van der Waals surface area contributed by atoms with Crippen LogP contribution in [0.1, 0.15) is 61.4 Å². The van der Waals surface area contributed by atoms with E-state index < -0.39 is 0 Å². The first-order valence-electron chi connectivity index (χ1n) is 13.0. The van der Waals surface area contributed by atoms with Crippen LogP contribution in [0.5, 0.6) is 0 Å². The molecule has 1 aromatic heterocycles. The number of rotatable bonds is 7. The van der Waals surface area contributed by atoms with Crippen molar-refractivity contribution < 1.29 is 9.53 Å². The summed E-state index contributed by atoms with van der Waals surface area (Å²) in [6.07, 6.45) is 3.49. The molecule has 200 valence electrons. The van der Waals surface area contributed by atoms with Crippen molar-refractivity contribution in [2.75, 3.05) is 18.0 Å². The third kappa shape index (κ3) is 5.73. The molecule has 0 bridgehead atoms. The van der Waals surface area contributed by atoms with Crippen molar-refractivity contribution in [3.05, 3.63) is 67.3 Å². The molecule has 2 unspecified atom stereocenters. The fraction of sp³-hybridized carbons (Fsp3) is 0.448. The Labute approximate surface area is 234 Å². The highest BCUT2D eigenvalue weighted by Gasteiger charge is 2.34. The van der Waals surface area contributed by atoms with Gasteiger partial charge in [-0.05, 0) is 51.3 Å². The summed E-state index contributed by atoms with van der Waals surface area (Å²) in [5.74, 6) is 0.574. The second-order valence-corrected chi connectivity index (χ2v) is 11.8. The topological polar surface area (TPSA) is 78.6 Å². The molecule has 7 nitrogen and oxygen atoms in total. The van der Waals surface area contributed by atoms with Gasteiger partial charge in [-0.3, -0.25) is 19.1 Å². The van der Waals surface area contributed by atoms with Gasteiger partial charge in [-0.2, -0.15) is 5.26 Å². The van der Waals surface area contributed by atoms with Crippen LogP contribution in [0.3, 0.4) is 0 Å². The summed E-state index contributed by atoms with van der Waals surface area (Å²) in [5, 5.41) is 9.92. The van der Waals surface area contributed by atoms with Crippen LogP contribution in [-0.2, 0) is 22.6 Å². The van der Waals surface area contributed by atoms with Gasteiger partial charge in [0.25, 0.3) is 11.5 Å². The summed E-state index contributed by atoms with van der Waals surface area (Å²) in [6, 6.07) is 10.2. The first-order valence-corrected chi connectivity index (χ1v) is 14.3. The van der Waals surface area contributed by atoms with Gasteiger partial charge in [0, 0.05) is 25.2 Å². The van der Waals surface area contributed by atoms with Crippen molar-refractivity contribution in [2.24, 2.45) is 0 Å². The standard InChI is InChI=1S/C29H34N4O3S2/c1-6-7-12-32-26(31-15-19(3)36-20(4)16-31)23(21(5)24(14-30)27(32)34)13-25-28(35)33(29(37)38-25)17-22-10-8-18(2)9-11-22/h8-11,13,19-20H,6-7,12,15-17H2,1-5H3/b25-13+. The molecule has 2 saturated heterocycles. The first kappa shape index (κ1) is 28.1. The van der Waals surface area contributed by atoms with Crippen molar-refractivity contribution in [3.8, 4) is 6.07 Å². The van der Waals surface area contributed by atoms with Crippen LogP contribution in [0.2, 0.25) is 0 Å². The van der Waals surface area contributed by atoms with Crippen LogP contribution in [0.25, 0.3) is 6.08 Å². The summed E-state index contributed by atoms with van der Waals surface area (Å²) >= 11 is 6.86. The predicted molar refractivity (Wildman–Crippen MR) is 157 cm³/mol. The lowest BCUT2D eigenvalue weighted by atomic mass is 10.0. The van der Waals surface area contributed by atoms with E-state index in [0.29, 0.717) is 41.0 Å². The van der Waals surface area contributed by atoms with E-state index in [1.54, 1.807) is 16.4 Å². The van der Waals surface area contributed by atoms with Crippen LogP contribution in [0, 0.1) is 25.2 Å². The molecule has 4 rings (SSSR count). The molecule has 2 aromatic rings. The number of amides is 1. The quantitative estimate of drug-likeness (QED) is 0.348. The summed E-state index contributed by atoms with van der Waals surface area (Å²) in [5.41, 5.74) is 3.27.